The predicted octanol–water partition coefficient (Wildman–Crippen LogP) is -0.141. The van der Waals surface area contributed by atoms with Gasteiger partial charge in [-0.25, -0.2) is 15.0 Å². The van der Waals surface area contributed by atoms with Crippen molar-refractivity contribution in [3.05, 3.63) is 12.7 Å². The molecule has 0 unspecified atom stereocenters. The van der Waals surface area contributed by atoms with Crippen LogP contribution in [0.5, 0.6) is 0 Å². The highest BCUT2D eigenvalue weighted by molar-refractivity contribution is 5.82. The van der Waals surface area contributed by atoms with Gasteiger partial charge in [-0.1, -0.05) is 0 Å². The first kappa shape index (κ1) is 12.7. The summed E-state index contributed by atoms with van der Waals surface area (Å²) in [6.07, 6.45) is 3.87. The normalized spacial score (nSPS) is 11.3. The van der Waals surface area contributed by atoms with E-state index in [1.165, 1.54) is 6.33 Å². The molecule has 0 atom stereocenters. The Morgan fingerprint density at radius 3 is 2.72 bits per heavy atom. The second-order valence-electron chi connectivity index (χ2n) is 4.10. The first-order valence-corrected chi connectivity index (χ1v) is 5.85. The van der Waals surface area contributed by atoms with Gasteiger partial charge in [-0.3, -0.25) is 0 Å². The SMILES string of the molecule is CNc1ncnc2c1ncn2CCC(CO)CO. The van der Waals surface area contributed by atoms with Crippen molar-refractivity contribution in [3.8, 4) is 0 Å². The van der Waals surface area contributed by atoms with Gasteiger partial charge in [0.15, 0.2) is 11.5 Å². The second-order valence-corrected chi connectivity index (χ2v) is 4.10. The molecule has 0 spiro atoms. The molecule has 0 radical (unpaired) electrons. The number of nitrogens with zero attached hydrogens (tertiary/aromatic N) is 4. The van der Waals surface area contributed by atoms with Crippen LogP contribution in [-0.4, -0.2) is 50.0 Å². The first-order chi connectivity index (χ1) is 8.80. The van der Waals surface area contributed by atoms with E-state index < -0.39 is 0 Å². The van der Waals surface area contributed by atoms with Gasteiger partial charge in [0, 0.05) is 32.7 Å². The van der Waals surface area contributed by atoms with E-state index in [0.29, 0.717) is 18.8 Å². The number of anilines is 1. The van der Waals surface area contributed by atoms with E-state index in [9.17, 15) is 0 Å². The van der Waals surface area contributed by atoms with Crippen molar-refractivity contribution in [2.75, 3.05) is 25.6 Å². The highest BCUT2D eigenvalue weighted by atomic mass is 16.3. The van der Waals surface area contributed by atoms with Gasteiger partial charge < -0.3 is 20.1 Å². The molecule has 2 heterocycles. The van der Waals surface area contributed by atoms with Crippen molar-refractivity contribution in [1.29, 1.82) is 0 Å². The number of nitrogens with one attached hydrogen (secondary N) is 1. The number of aliphatic hydroxyl groups excluding tert-OH is 2. The van der Waals surface area contributed by atoms with Crippen molar-refractivity contribution in [1.82, 2.24) is 19.5 Å². The Morgan fingerprint density at radius 2 is 2.06 bits per heavy atom. The minimum absolute atomic E-state index is 0.0140. The number of hydrogen-bond acceptors (Lipinski definition) is 6. The fraction of sp³-hybridized carbons (Fsp3) is 0.545. The van der Waals surface area contributed by atoms with E-state index >= 15 is 0 Å². The highest BCUT2D eigenvalue weighted by Gasteiger charge is 2.11. The van der Waals surface area contributed by atoms with Crippen LogP contribution >= 0.6 is 0 Å². The van der Waals surface area contributed by atoms with Crippen molar-refractivity contribution in [2.45, 2.75) is 13.0 Å². The van der Waals surface area contributed by atoms with Crippen LogP contribution in [0.2, 0.25) is 0 Å². The van der Waals surface area contributed by atoms with E-state index in [4.69, 9.17) is 10.2 Å². The molecule has 0 aliphatic heterocycles. The topological polar surface area (TPSA) is 96.1 Å². The predicted molar refractivity (Wildman–Crippen MR) is 67.1 cm³/mol. The van der Waals surface area contributed by atoms with Crippen LogP contribution in [-0.2, 0) is 6.54 Å². The van der Waals surface area contributed by atoms with Crippen LogP contribution in [0.4, 0.5) is 5.82 Å². The lowest BCUT2D eigenvalue weighted by Gasteiger charge is -2.11. The third kappa shape index (κ3) is 2.41. The summed E-state index contributed by atoms with van der Waals surface area (Å²) in [5.41, 5.74) is 1.48. The molecule has 2 rings (SSSR count). The van der Waals surface area contributed by atoms with Gasteiger partial charge in [0.2, 0.25) is 0 Å². The van der Waals surface area contributed by atoms with Gasteiger partial charge in [0.25, 0.3) is 0 Å². The summed E-state index contributed by atoms with van der Waals surface area (Å²) in [5.74, 6) is 0.590. The van der Waals surface area contributed by atoms with Crippen molar-refractivity contribution in [3.63, 3.8) is 0 Å². The molecule has 18 heavy (non-hydrogen) atoms. The van der Waals surface area contributed by atoms with Crippen molar-refractivity contribution >= 4 is 17.0 Å². The highest BCUT2D eigenvalue weighted by Crippen LogP contribution is 2.17. The fourth-order valence-electron chi connectivity index (χ4n) is 1.79. The van der Waals surface area contributed by atoms with Gasteiger partial charge in [-0.2, -0.15) is 0 Å². The number of aliphatic hydroxyl groups is 2. The average Bonchev–Trinajstić information content (AvgIpc) is 2.83. The number of aryl methyl sites for hydroxylation is 1. The van der Waals surface area contributed by atoms with E-state index in [-0.39, 0.29) is 19.1 Å². The smallest absolute Gasteiger partial charge is 0.165 e. The van der Waals surface area contributed by atoms with Crippen LogP contribution in [0, 0.1) is 5.92 Å². The number of fused-ring (bicyclic) bond motifs is 1. The van der Waals surface area contributed by atoms with E-state index in [1.54, 1.807) is 13.4 Å². The Morgan fingerprint density at radius 1 is 1.28 bits per heavy atom. The third-order valence-corrected chi connectivity index (χ3v) is 2.93. The van der Waals surface area contributed by atoms with E-state index in [2.05, 4.69) is 20.3 Å². The molecule has 98 valence electrons. The van der Waals surface area contributed by atoms with Crippen LogP contribution in [0.3, 0.4) is 0 Å². The summed E-state index contributed by atoms with van der Waals surface area (Å²) in [4.78, 5) is 12.6. The zero-order valence-electron chi connectivity index (χ0n) is 10.2. The number of hydrogen-bond donors (Lipinski definition) is 3. The molecule has 0 aliphatic rings. The van der Waals surface area contributed by atoms with Gasteiger partial charge in [-0.15, -0.1) is 0 Å². The molecular formula is C11H17N5O2. The van der Waals surface area contributed by atoms with Crippen molar-refractivity contribution in [2.24, 2.45) is 5.92 Å². The Hall–Kier alpha value is -1.73. The molecule has 3 N–H and O–H groups in total. The molecule has 0 saturated heterocycles. The largest absolute Gasteiger partial charge is 0.396 e. The Bertz CT molecular complexity index is 509. The molecule has 7 heteroatoms. The van der Waals surface area contributed by atoms with Gasteiger partial charge >= 0.3 is 0 Å². The zero-order chi connectivity index (χ0) is 13.0. The number of rotatable bonds is 6. The maximum absolute atomic E-state index is 9.03. The standard InChI is InChI=1S/C11H17N5O2/c1-12-10-9-11(14-6-13-10)16(7-15-9)3-2-8(4-17)5-18/h6-8,17-18H,2-5H2,1H3,(H,12,13,14). The fourth-order valence-corrected chi connectivity index (χ4v) is 1.79. The Kier molecular flexibility index (Phi) is 4.06. The first-order valence-electron chi connectivity index (χ1n) is 5.85. The maximum atomic E-state index is 9.03. The molecular weight excluding hydrogens is 234 g/mol. The minimum atomic E-state index is -0.104. The zero-order valence-corrected chi connectivity index (χ0v) is 10.2. The monoisotopic (exact) mass is 251 g/mol. The van der Waals surface area contributed by atoms with Crippen molar-refractivity contribution < 1.29 is 10.2 Å². The molecule has 0 aromatic carbocycles. The van der Waals surface area contributed by atoms with Crippen LogP contribution in [0.1, 0.15) is 6.42 Å². The summed E-state index contributed by atoms with van der Waals surface area (Å²) in [5, 5.41) is 21.0. The van der Waals surface area contributed by atoms with Crippen LogP contribution < -0.4 is 5.32 Å². The van der Waals surface area contributed by atoms with Crippen LogP contribution in [0.15, 0.2) is 12.7 Å². The summed E-state index contributed by atoms with van der Waals surface area (Å²) < 4.78 is 1.90. The molecule has 7 nitrogen and oxygen atoms in total. The molecule has 2 aromatic rings. The summed E-state index contributed by atoms with van der Waals surface area (Å²) in [7, 11) is 1.79. The summed E-state index contributed by atoms with van der Waals surface area (Å²) >= 11 is 0. The summed E-state index contributed by atoms with van der Waals surface area (Å²) in [6.45, 7) is 0.627. The quantitative estimate of drug-likeness (QED) is 0.661. The number of aromatic nitrogens is 4. The molecule has 0 saturated carbocycles. The molecule has 0 fully saturated rings. The summed E-state index contributed by atoms with van der Waals surface area (Å²) in [6, 6.07) is 0. The van der Waals surface area contributed by atoms with Gasteiger partial charge in [0.05, 0.1) is 6.33 Å². The third-order valence-electron chi connectivity index (χ3n) is 2.93. The number of imidazole rings is 1. The van der Waals surface area contributed by atoms with E-state index in [1.807, 2.05) is 4.57 Å². The average molecular weight is 251 g/mol. The second kappa shape index (κ2) is 5.74. The lowest BCUT2D eigenvalue weighted by Crippen LogP contribution is -2.14. The Balaban J connectivity index is 2.19. The molecule has 0 amide bonds. The maximum Gasteiger partial charge on any atom is 0.165 e. The minimum Gasteiger partial charge on any atom is -0.396 e. The lowest BCUT2D eigenvalue weighted by atomic mass is 10.1. The molecule has 2 aromatic heterocycles. The van der Waals surface area contributed by atoms with Crippen LogP contribution in [0.25, 0.3) is 11.2 Å². The van der Waals surface area contributed by atoms with E-state index in [0.717, 1.165) is 11.2 Å². The Labute approximate surface area is 105 Å². The van der Waals surface area contributed by atoms with Gasteiger partial charge in [-0.05, 0) is 6.42 Å². The van der Waals surface area contributed by atoms with Gasteiger partial charge in [0.1, 0.15) is 11.8 Å². The molecule has 0 aliphatic carbocycles. The molecule has 0 bridgehead atoms. The lowest BCUT2D eigenvalue weighted by molar-refractivity contribution is 0.140.